The van der Waals surface area contributed by atoms with Gasteiger partial charge in [0.1, 0.15) is 0 Å². The van der Waals surface area contributed by atoms with Crippen molar-refractivity contribution in [2.24, 2.45) is 0 Å². The van der Waals surface area contributed by atoms with Gasteiger partial charge in [0.25, 0.3) is 0 Å². The topological polar surface area (TPSA) is 64.8 Å². The van der Waals surface area contributed by atoms with E-state index in [0.717, 1.165) is 0 Å². The third-order valence-corrected chi connectivity index (χ3v) is 4.74. The number of pyridine rings is 1. The van der Waals surface area contributed by atoms with Crippen LogP contribution in [0.15, 0.2) is 35.7 Å². The van der Waals surface area contributed by atoms with E-state index in [1.165, 1.54) is 12.3 Å². The average molecular weight is 314 g/mol. The van der Waals surface area contributed by atoms with Crippen LogP contribution >= 0.6 is 11.6 Å². The van der Waals surface area contributed by atoms with E-state index >= 15 is 0 Å². The molecule has 0 N–H and O–H groups in total. The van der Waals surface area contributed by atoms with Crippen LogP contribution in [0.25, 0.3) is 0 Å². The van der Waals surface area contributed by atoms with E-state index in [1.807, 2.05) is 20.8 Å². The highest BCUT2D eigenvalue weighted by Crippen LogP contribution is 2.22. The first kappa shape index (κ1) is 15.0. The van der Waals surface area contributed by atoms with Gasteiger partial charge in [-0.3, -0.25) is 4.68 Å². The molecule has 5 nitrogen and oxygen atoms in total. The molecule has 0 saturated carbocycles. The van der Waals surface area contributed by atoms with Crippen molar-refractivity contribution in [2.75, 3.05) is 0 Å². The summed E-state index contributed by atoms with van der Waals surface area (Å²) >= 11 is 5.89. The van der Waals surface area contributed by atoms with Crippen molar-refractivity contribution in [2.45, 2.75) is 37.1 Å². The number of sulfone groups is 1. The Morgan fingerprint density at radius 2 is 2.05 bits per heavy atom. The monoisotopic (exact) mass is 313 g/mol. The second-order valence-corrected chi connectivity index (χ2v) is 7.83. The van der Waals surface area contributed by atoms with Gasteiger partial charge in [-0.2, -0.15) is 5.10 Å². The lowest BCUT2D eigenvalue weighted by molar-refractivity contribution is 0.355. The molecule has 0 unspecified atom stereocenters. The molecule has 0 bridgehead atoms. The number of nitrogens with zero attached hydrogens (tertiary/aromatic N) is 3. The molecular formula is C13H16ClN3O2S. The van der Waals surface area contributed by atoms with Crippen LogP contribution in [-0.4, -0.2) is 23.2 Å². The molecule has 0 aliphatic rings. The molecule has 2 aromatic heterocycles. The zero-order valence-electron chi connectivity index (χ0n) is 11.5. The molecule has 108 valence electrons. The van der Waals surface area contributed by atoms with Crippen LogP contribution in [0, 0.1) is 0 Å². The summed E-state index contributed by atoms with van der Waals surface area (Å²) in [5.41, 5.74) is 0.423. The van der Waals surface area contributed by atoms with Gasteiger partial charge in [0.15, 0.2) is 5.03 Å². The van der Waals surface area contributed by atoms with Gasteiger partial charge in [0, 0.05) is 18.0 Å². The van der Waals surface area contributed by atoms with Crippen LogP contribution in [0.3, 0.4) is 0 Å². The van der Waals surface area contributed by atoms with Crippen molar-refractivity contribution in [3.8, 4) is 0 Å². The van der Waals surface area contributed by atoms with Gasteiger partial charge < -0.3 is 0 Å². The van der Waals surface area contributed by atoms with E-state index < -0.39 is 9.84 Å². The second kappa shape index (κ2) is 5.18. The minimum absolute atomic E-state index is 0.0924. The zero-order valence-corrected chi connectivity index (χ0v) is 13.1. The summed E-state index contributed by atoms with van der Waals surface area (Å²) in [5, 5.41) is 4.23. The van der Waals surface area contributed by atoms with Gasteiger partial charge in [-0.05, 0) is 32.9 Å². The maximum atomic E-state index is 12.3. The average Bonchev–Trinajstić information content (AvgIpc) is 2.76. The van der Waals surface area contributed by atoms with Gasteiger partial charge >= 0.3 is 0 Å². The largest absolute Gasteiger partial charge is 0.267 e. The molecule has 0 aliphatic carbocycles. The van der Waals surface area contributed by atoms with Crippen LogP contribution < -0.4 is 0 Å². The molecule has 0 saturated heterocycles. The molecule has 2 heterocycles. The van der Waals surface area contributed by atoms with E-state index in [1.54, 1.807) is 23.1 Å². The fourth-order valence-corrected chi connectivity index (χ4v) is 3.47. The molecule has 0 spiro atoms. The predicted octanol–water partition coefficient (Wildman–Crippen LogP) is 2.66. The Kier molecular flexibility index (Phi) is 3.88. The molecule has 20 heavy (non-hydrogen) atoms. The standard InChI is InChI=1S/C13H16ClN3O2S/c1-13(2,3)17-8-10(7-16-17)9-20(18,19)12-11(14)5-4-6-15-12/h4-8H,9H2,1-3H3. The van der Waals surface area contributed by atoms with Gasteiger partial charge in [-0.25, -0.2) is 13.4 Å². The number of hydrogen-bond acceptors (Lipinski definition) is 4. The third kappa shape index (κ3) is 3.19. The first-order chi connectivity index (χ1) is 9.20. The van der Waals surface area contributed by atoms with Crippen molar-refractivity contribution < 1.29 is 8.42 Å². The van der Waals surface area contributed by atoms with E-state index in [4.69, 9.17) is 11.6 Å². The molecule has 2 rings (SSSR count). The first-order valence-corrected chi connectivity index (χ1v) is 8.10. The molecule has 0 atom stereocenters. The van der Waals surface area contributed by atoms with Crippen LogP contribution in [0.2, 0.25) is 5.02 Å². The Bertz CT molecular complexity index is 717. The Morgan fingerprint density at radius 1 is 1.35 bits per heavy atom. The second-order valence-electron chi connectivity index (χ2n) is 5.51. The van der Waals surface area contributed by atoms with E-state index in [9.17, 15) is 8.42 Å². The molecular weight excluding hydrogens is 298 g/mol. The predicted molar refractivity (Wildman–Crippen MR) is 77.4 cm³/mol. The van der Waals surface area contributed by atoms with Crippen molar-refractivity contribution in [1.29, 1.82) is 0 Å². The Morgan fingerprint density at radius 3 is 2.60 bits per heavy atom. The van der Waals surface area contributed by atoms with Gasteiger partial charge in [0.05, 0.1) is 22.5 Å². The van der Waals surface area contributed by atoms with E-state index in [-0.39, 0.29) is 21.3 Å². The van der Waals surface area contributed by atoms with Crippen molar-refractivity contribution >= 4 is 21.4 Å². The minimum Gasteiger partial charge on any atom is -0.267 e. The molecule has 0 radical (unpaired) electrons. The molecule has 0 amide bonds. The molecule has 7 heteroatoms. The summed E-state index contributed by atoms with van der Waals surface area (Å²) in [5.74, 6) is -0.167. The maximum Gasteiger partial charge on any atom is 0.201 e. The summed E-state index contributed by atoms with van der Waals surface area (Å²) in [6, 6.07) is 3.11. The Hall–Kier alpha value is -1.40. The van der Waals surface area contributed by atoms with Gasteiger partial charge in [0.2, 0.25) is 9.84 Å². The van der Waals surface area contributed by atoms with Crippen molar-refractivity contribution in [1.82, 2.24) is 14.8 Å². The lowest BCUT2D eigenvalue weighted by Gasteiger charge is -2.18. The van der Waals surface area contributed by atoms with E-state index in [0.29, 0.717) is 5.56 Å². The molecule has 0 aliphatic heterocycles. The Labute approximate surface area is 123 Å². The summed E-state index contributed by atoms with van der Waals surface area (Å²) in [6.07, 6.45) is 4.70. The lowest BCUT2D eigenvalue weighted by Crippen LogP contribution is -2.22. The summed E-state index contributed by atoms with van der Waals surface area (Å²) < 4.78 is 26.3. The highest BCUT2D eigenvalue weighted by Gasteiger charge is 2.22. The van der Waals surface area contributed by atoms with E-state index in [2.05, 4.69) is 10.1 Å². The number of aromatic nitrogens is 3. The van der Waals surface area contributed by atoms with Crippen LogP contribution in [0.4, 0.5) is 0 Å². The number of hydrogen-bond donors (Lipinski definition) is 0. The fraction of sp³-hybridized carbons (Fsp3) is 0.385. The van der Waals surface area contributed by atoms with Crippen molar-refractivity contribution in [3.05, 3.63) is 41.3 Å². The van der Waals surface area contributed by atoms with Crippen LogP contribution in [0.5, 0.6) is 0 Å². The highest BCUT2D eigenvalue weighted by atomic mass is 35.5. The fourth-order valence-electron chi connectivity index (χ4n) is 1.69. The van der Waals surface area contributed by atoms with Crippen molar-refractivity contribution in [3.63, 3.8) is 0 Å². The number of rotatable bonds is 3. The smallest absolute Gasteiger partial charge is 0.201 e. The third-order valence-electron chi connectivity index (χ3n) is 2.70. The summed E-state index contributed by atoms with van der Waals surface area (Å²) in [4.78, 5) is 3.85. The summed E-state index contributed by atoms with van der Waals surface area (Å²) in [7, 11) is -3.57. The first-order valence-electron chi connectivity index (χ1n) is 6.07. The maximum absolute atomic E-state index is 12.3. The zero-order chi connectivity index (χ0) is 15.0. The quantitative estimate of drug-likeness (QED) is 0.874. The minimum atomic E-state index is -3.57. The normalized spacial score (nSPS) is 12.6. The molecule has 0 aromatic carbocycles. The lowest BCUT2D eigenvalue weighted by atomic mass is 10.1. The number of halogens is 1. The molecule has 0 fully saturated rings. The Balaban J connectivity index is 2.30. The van der Waals surface area contributed by atoms with Gasteiger partial charge in [-0.1, -0.05) is 11.6 Å². The van der Waals surface area contributed by atoms with Crippen LogP contribution in [-0.2, 0) is 21.1 Å². The van der Waals surface area contributed by atoms with Gasteiger partial charge in [-0.15, -0.1) is 0 Å². The molecule has 2 aromatic rings. The van der Waals surface area contributed by atoms with Crippen LogP contribution in [0.1, 0.15) is 26.3 Å². The summed E-state index contributed by atoms with van der Waals surface area (Å²) in [6.45, 7) is 5.98. The SMILES string of the molecule is CC(C)(C)n1cc(CS(=O)(=O)c2ncccc2Cl)cn1. The highest BCUT2D eigenvalue weighted by molar-refractivity contribution is 7.90.